The molecule has 0 saturated carbocycles. The van der Waals surface area contributed by atoms with Gasteiger partial charge in [0.1, 0.15) is 18.1 Å². The predicted octanol–water partition coefficient (Wildman–Crippen LogP) is 3.11. The quantitative estimate of drug-likeness (QED) is 0.696. The van der Waals surface area contributed by atoms with E-state index < -0.39 is 0 Å². The second-order valence-electron chi connectivity index (χ2n) is 6.51. The third kappa shape index (κ3) is 3.47. The van der Waals surface area contributed by atoms with E-state index in [1.165, 1.54) is 4.57 Å². The van der Waals surface area contributed by atoms with E-state index in [1.807, 2.05) is 24.3 Å². The Balaban J connectivity index is 1.59. The molecule has 0 fully saturated rings. The lowest BCUT2D eigenvalue weighted by molar-refractivity contribution is -0.122. The van der Waals surface area contributed by atoms with E-state index in [1.54, 1.807) is 25.1 Å². The van der Waals surface area contributed by atoms with Crippen molar-refractivity contribution in [3.63, 3.8) is 0 Å². The lowest BCUT2D eigenvalue weighted by Crippen LogP contribution is -2.37. The van der Waals surface area contributed by atoms with Crippen LogP contribution in [0.25, 0.3) is 10.9 Å². The van der Waals surface area contributed by atoms with Crippen molar-refractivity contribution < 1.29 is 9.53 Å². The molecule has 0 aliphatic carbocycles. The van der Waals surface area contributed by atoms with Crippen molar-refractivity contribution in [1.29, 1.82) is 0 Å². The van der Waals surface area contributed by atoms with Gasteiger partial charge in [0, 0.05) is 16.5 Å². The Bertz CT molecular complexity index is 1090. The zero-order valence-electron chi connectivity index (χ0n) is 14.7. The Morgan fingerprint density at radius 3 is 3.00 bits per heavy atom. The summed E-state index contributed by atoms with van der Waals surface area (Å²) in [6.45, 7) is 2.21. The number of aryl methyl sites for hydroxylation is 1. The molecule has 138 valence electrons. The molecule has 7 heteroatoms. The number of carbonyl (C=O) groups is 1. The molecular formula is C20H18BrN3O3. The first-order valence-electron chi connectivity index (χ1n) is 8.71. The van der Waals surface area contributed by atoms with Crippen molar-refractivity contribution in [2.75, 3.05) is 6.61 Å². The number of fused-ring (bicyclic) bond motifs is 2. The molecule has 1 aliphatic heterocycles. The molecule has 4 rings (SSSR count). The summed E-state index contributed by atoms with van der Waals surface area (Å²) in [5.74, 6) is 1.06. The van der Waals surface area contributed by atoms with Gasteiger partial charge >= 0.3 is 0 Å². The van der Waals surface area contributed by atoms with Gasteiger partial charge in [-0.25, -0.2) is 4.98 Å². The lowest BCUT2D eigenvalue weighted by atomic mass is 10.0. The van der Waals surface area contributed by atoms with Crippen molar-refractivity contribution in [3.8, 4) is 5.75 Å². The van der Waals surface area contributed by atoms with E-state index in [0.29, 0.717) is 29.8 Å². The monoisotopic (exact) mass is 427 g/mol. The van der Waals surface area contributed by atoms with E-state index >= 15 is 0 Å². The van der Waals surface area contributed by atoms with Crippen LogP contribution in [0, 0.1) is 6.92 Å². The Labute approximate surface area is 164 Å². The summed E-state index contributed by atoms with van der Waals surface area (Å²) in [5.41, 5.74) is 1.37. The summed E-state index contributed by atoms with van der Waals surface area (Å²) in [6, 6.07) is 12.8. The summed E-state index contributed by atoms with van der Waals surface area (Å²) >= 11 is 3.46. The van der Waals surface area contributed by atoms with Crippen LogP contribution in [0.4, 0.5) is 0 Å². The summed E-state index contributed by atoms with van der Waals surface area (Å²) in [7, 11) is 0. The minimum Gasteiger partial charge on any atom is -0.493 e. The van der Waals surface area contributed by atoms with Crippen LogP contribution in [-0.2, 0) is 11.3 Å². The number of rotatable bonds is 3. The third-order valence-electron chi connectivity index (χ3n) is 4.70. The molecule has 2 aromatic carbocycles. The fourth-order valence-electron chi connectivity index (χ4n) is 3.36. The fraction of sp³-hybridized carbons (Fsp3) is 0.250. The van der Waals surface area contributed by atoms with E-state index in [-0.39, 0.29) is 24.1 Å². The molecule has 1 aromatic heterocycles. The average molecular weight is 428 g/mol. The van der Waals surface area contributed by atoms with E-state index in [4.69, 9.17) is 4.74 Å². The summed E-state index contributed by atoms with van der Waals surface area (Å²) < 4.78 is 8.00. The van der Waals surface area contributed by atoms with Gasteiger partial charge in [0.05, 0.1) is 23.6 Å². The summed E-state index contributed by atoms with van der Waals surface area (Å²) in [5, 5.41) is 3.54. The number of nitrogens with zero attached hydrogens (tertiary/aromatic N) is 2. The Morgan fingerprint density at radius 1 is 1.33 bits per heavy atom. The number of hydrogen-bond donors (Lipinski definition) is 1. The maximum atomic E-state index is 12.7. The van der Waals surface area contributed by atoms with Gasteiger partial charge in [0.2, 0.25) is 5.91 Å². The highest BCUT2D eigenvalue weighted by Gasteiger charge is 2.24. The summed E-state index contributed by atoms with van der Waals surface area (Å²) in [4.78, 5) is 29.8. The van der Waals surface area contributed by atoms with Crippen LogP contribution in [0.2, 0.25) is 0 Å². The molecule has 1 unspecified atom stereocenters. The minimum absolute atomic E-state index is 0.0663. The molecule has 1 atom stereocenters. The maximum Gasteiger partial charge on any atom is 0.261 e. The van der Waals surface area contributed by atoms with Crippen molar-refractivity contribution >= 4 is 32.7 Å². The van der Waals surface area contributed by atoms with Crippen LogP contribution in [0.1, 0.15) is 23.9 Å². The standard InChI is InChI=1S/C20H18BrN3O3/c1-12-22-16-5-3-2-4-14(16)20(26)24(12)11-19(25)23-17-8-9-27-18-7-6-13(21)10-15(17)18/h2-7,10,17H,8-9,11H2,1H3,(H,23,25). The van der Waals surface area contributed by atoms with E-state index in [2.05, 4.69) is 26.2 Å². The number of halogens is 1. The van der Waals surface area contributed by atoms with Crippen LogP contribution in [-0.4, -0.2) is 22.1 Å². The van der Waals surface area contributed by atoms with Crippen LogP contribution >= 0.6 is 15.9 Å². The molecular weight excluding hydrogens is 410 g/mol. The van der Waals surface area contributed by atoms with Crippen molar-refractivity contribution in [1.82, 2.24) is 14.9 Å². The topological polar surface area (TPSA) is 73.2 Å². The number of amides is 1. The largest absolute Gasteiger partial charge is 0.493 e. The van der Waals surface area contributed by atoms with Gasteiger partial charge in [-0.1, -0.05) is 28.1 Å². The highest BCUT2D eigenvalue weighted by Crippen LogP contribution is 2.34. The number of nitrogens with one attached hydrogen (secondary N) is 1. The first-order chi connectivity index (χ1) is 13.0. The van der Waals surface area contributed by atoms with Gasteiger partial charge < -0.3 is 10.1 Å². The first kappa shape index (κ1) is 17.7. The van der Waals surface area contributed by atoms with Gasteiger partial charge in [-0.15, -0.1) is 0 Å². The molecule has 0 spiro atoms. The molecule has 1 amide bonds. The van der Waals surface area contributed by atoms with Gasteiger partial charge in [-0.05, 0) is 37.3 Å². The number of hydrogen-bond acceptors (Lipinski definition) is 4. The summed E-state index contributed by atoms with van der Waals surface area (Å²) in [6.07, 6.45) is 0.680. The van der Waals surface area contributed by atoms with Crippen LogP contribution in [0.15, 0.2) is 51.7 Å². The molecule has 0 saturated heterocycles. The first-order valence-corrected chi connectivity index (χ1v) is 9.50. The molecule has 27 heavy (non-hydrogen) atoms. The highest BCUT2D eigenvalue weighted by atomic mass is 79.9. The normalized spacial score (nSPS) is 15.9. The van der Waals surface area contributed by atoms with Crippen LogP contribution < -0.4 is 15.6 Å². The zero-order chi connectivity index (χ0) is 19.0. The van der Waals surface area contributed by atoms with E-state index in [0.717, 1.165) is 15.8 Å². The van der Waals surface area contributed by atoms with Crippen molar-refractivity contribution in [3.05, 3.63) is 68.7 Å². The highest BCUT2D eigenvalue weighted by molar-refractivity contribution is 9.10. The van der Waals surface area contributed by atoms with Gasteiger partial charge in [0.25, 0.3) is 5.56 Å². The number of aromatic nitrogens is 2. The Morgan fingerprint density at radius 2 is 2.15 bits per heavy atom. The average Bonchev–Trinajstić information content (AvgIpc) is 2.65. The SMILES string of the molecule is Cc1nc2ccccc2c(=O)n1CC(=O)NC1CCOc2ccc(Br)cc21. The van der Waals surface area contributed by atoms with E-state index in [9.17, 15) is 9.59 Å². The second kappa shape index (κ2) is 7.15. The molecule has 3 aromatic rings. The molecule has 0 bridgehead atoms. The molecule has 6 nitrogen and oxygen atoms in total. The van der Waals surface area contributed by atoms with Gasteiger partial charge in [0.15, 0.2) is 0 Å². The van der Waals surface area contributed by atoms with Gasteiger partial charge in [-0.3, -0.25) is 14.2 Å². The fourth-order valence-corrected chi connectivity index (χ4v) is 3.74. The predicted molar refractivity (Wildman–Crippen MR) is 106 cm³/mol. The molecule has 2 heterocycles. The number of para-hydroxylation sites is 1. The van der Waals surface area contributed by atoms with Crippen LogP contribution in [0.3, 0.4) is 0 Å². The van der Waals surface area contributed by atoms with Crippen LogP contribution in [0.5, 0.6) is 5.75 Å². The van der Waals surface area contributed by atoms with Gasteiger partial charge in [-0.2, -0.15) is 0 Å². The second-order valence-corrected chi connectivity index (χ2v) is 7.42. The maximum absolute atomic E-state index is 12.7. The lowest BCUT2D eigenvalue weighted by Gasteiger charge is -2.27. The molecule has 1 aliphatic rings. The van der Waals surface area contributed by atoms with Crippen molar-refractivity contribution in [2.24, 2.45) is 0 Å². The zero-order valence-corrected chi connectivity index (χ0v) is 16.3. The number of benzene rings is 2. The third-order valence-corrected chi connectivity index (χ3v) is 5.19. The molecule has 1 N–H and O–H groups in total. The molecule has 0 radical (unpaired) electrons. The number of carbonyl (C=O) groups excluding carboxylic acids is 1. The smallest absolute Gasteiger partial charge is 0.261 e. The van der Waals surface area contributed by atoms with Crippen molar-refractivity contribution in [2.45, 2.75) is 25.9 Å². The minimum atomic E-state index is -0.227. The Kier molecular flexibility index (Phi) is 4.70. The Hall–Kier alpha value is -2.67. The number of ether oxygens (including phenoxy) is 1.